The molecule has 0 aliphatic carbocycles. The average Bonchev–Trinajstić information content (AvgIpc) is 2.22. The minimum atomic E-state index is -1.58. The zero-order valence-corrected chi connectivity index (χ0v) is 8.76. The van der Waals surface area contributed by atoms with Crippen molar-refractivity contribution >= 4 is 17.9 Å². The fourth-order valence-electron chi connectivity index (χ4n) is 0.871. The maximum absolute atomic E-state index is 11.2. The maximum Gasteiger partial charge on any atom is 0.321 e. The molecule has 0 fully saturated rings. The fourth-order valence-corrected chi connectivity index (χ4v) is 0.871. The van der Waals surface area contributed by atoms with Crippen LogP contribution in [0.5, 0.6) is 0 Å². The molecule has 0 rings (SSSR count). The van der Waals surface area contributed by atoms with Crippen molar-refractivity contribution in [2.75, 3.05) is 13.2 Å². The molecule has 1 atom stereocenters. The molecule has 0 aromatic heterocycles. The molecular weight excluding hydrogens is 216 g/mol. The lowest BCUT2D eigenvalue weighted by molar-refractivity contribution is -0.163. The van der Waals surface area contributed by atoms with E-state index in [1.54, 1.807) is 6.92 Å². The summed E-state index contributed by atoms with van der Waals surface area (Å²) in [6.45, 7) is 1.36. The zero-order valence-electron chi connectivity index (χ0n) is 8.76. The highest BCUT2D eigenvalue weighted by molar-refractivity contribution is 5.97. The van der Waals surface area contributed by atoms with Crippen LogP contribution in [0.4, 0.5) is 0 Å². The molecule has 16 heavy (non-hydrogen) atoms. The van der Waals surface area contributed by atoms with Crippen LogP contribution in [0, 0.1) is 18.3 Å². The van der Waals surface area contributed by atoms with Gasteiger partial charge in [0.25, 0.3) is 0 Å². The van der Waals surface area contributed by atoms with Crippen molar-refractivity contribution in [3.63, 3.8) is 0 Å². The predicted molar refractivity (Wildman–Crippen MR) is 52.2 cm³/mol. The monoisotopic (exact) mass is 228 g/mol. The van der Waals surface area contributed by atoms with Gasteiger partial charge < -0.3 is 14.6 Å². The molecule has 0 bridgehead atoms. The van der Waals surface area contributed by atoms with Gasteiger partial charge in [-0.25, -0.2) is 0 Å². The van der Waals surface area contributed by atoms with Crippen molar-refractivity contribution in [3.05, 3.63) is 0 Å². The van der Waals surface area contributed by atoms with Gasteiger partial charge in [-0.1, -0.05) is 5.92 Å². The highest BCUT2D eigenvalue weighted by Gasteiger charge is 2.30. The molecule has 0 aromatic rings. The number of esters is 2. The fraction of sp³-hybridized carbons (Fsp3) is 0.500. The van der Waals surface area contributed by atoms with Crippen molar-refractivity contribution in [2.45, 2.75) is 13.3 Å². The minimum Gasteiger partial charge on any atom is -0.481 e. The van der Waals surface area contributed by atoms with Gasteiger partial charge in [0.2, 0.25) is 0 Å². The molecule has 0 radical (unpaired) electrons. The van der Waals surface area contributed by atoms with Crippen LogP contribution >= 0.6 is 0 Å². The molecule has 6 heteroatoms. The van der Waals surface area contributed by atoms with E-state index in [0.29, 0.717) is 0 Å². The van der Waals surface area contributed by atoms with E-state index in [1.807, 2.05) is 5.92 Å². The Morgan fingerprint density at radius 2 is 2.00 bits per heavy atom. The predicted octanol–water partition coefficient (Wildman–Crippen LogP) is -0.183. The molecule has 0 amide bonds. The summed E-state index contributed by atoms with van der Waals surface area (Å²) in [6.07, 6.45) is 4.27. The Morgan fingerprint density at radius 1 is 1.38 bits per heavy atom. The summed E-state index contributed by atoms with van der Waals surface area (Å²) in [5, 5.41) is 8.70. The highest BCUT2D eigenvalue weighted by Crippen LogP contribution is 2.07. The van der Waals surface area contributed by atoms with Gasteiger partial charge in [0.1, 0.15) is 0 Å². The van der Waals surface area contributed by atoms with E-state index >= 15 is 0 Å². The molecule has 0 saturated carbocycles. The van der Waals surface area contributed by atoms with Crippen molar-refractivity contribution in [1.29, 1.82) is 0 Å². The summed E-state index contributed by atoms with van der Waals surface area (Å²) >= 11 is 0. The molecule has 0 saturated heterocycles. The Bertz CT molecular complexity index is 314. The van der Waals surface area contributed by atoms with Crippen LogP contribution in [-0.4, -0.2) is 36.2 Å². The first-order valence-electron chi connectivity index (χ1n) is 4.51. The van der Waals surface area contributed by atoms with Crippen LogP contribution in [0.25, 0.3) is 0 Å². The normalized spacial score (nSPS) is 11.0. The third-order valence-electron chi connectivity index (χ3n) is 1.56. The van der Waals surface area contributed by atoms with Crippen LogP contribution in [0.2, 0.25) is 0 Å². The molecule has 6 nitrogen and oxygen atoms in total. The number of hydrogen-bond donors (Lipinski definition) is 1. The molecule has 0 spiro atoms. The summed E-state index contributed by atoms with van der Waals surface area (Å²) in [5.41, 5.74) is 0. The van der Waals surface area contributed by atoms with Crippen LogP contribution in [-0.2, 0) is 23.9 Å². The van der Waals surface area contributed by atoms with E-state index in [9.17, 15) is 14.4 Å². The number of hydrogen-bond acceptors (Lipinski definition) is 5. The van der Waals surface area contributed by atoms with E-state index in [1.165, 1.54) is 0 Å². The minimum absolute atomic E-state index is 0.116. The number of terminal acetylenes is 1. The Hall–Kier alpha value is -2.03. The van der Waals surface area contributed by atoms with Crippen molar-refractivity contribution in [1.82, 2.24) is 0 Å². The smallest absolute Gasteiger partial charge is 0.321 e. The van der Waals surface area contributed by atoms with E-state index in [0.717, 1.165) is 0 Å². The zero-order chi connectivity index (χ0) is 12.6. The second kappa shape index (κ2) is 7.29. The topological polar surface area (TPSA) is 89.9 Å². The summed E-state index contributed by atoms with van der Waals surface area (Å²) in [4.78, 5) is 32.9. The van der Waals surface area contributed by atoms with Crippen LogP contribution < -0.4 is 0 Å². The first-order chi connectivity index (χ1) is 7.52. The summed E-state index contributed by atoms with van der Waals surface area (Å²) < 4.78 is 8.96. The van der Waals surface area contributed by atoms with Crippen LogP contribution in [0.15, 0.2) is 0 Å². The Labute approximate surface area is 92.5 Å². The van der Waals surface area contributed by atoms with E-state index < -0.39 is 30.2 Å². The third kappa shape index (κ3) is 5.00. The lowest BCUT2D eigenvalue weighted by Crippen LogP contribution is -2.29. The molecule has 0 aliphatic rings. The number of carboxylic acids is 1. The lowest BCUT2D eigenvalue weighted by Gasteiger charge is -2.09. The summed E-state index contributed by atoms with van der Waals surface area (Å²) in [7, 11) is 0. The third-order valence-corrected chi connectivity index (χ3v) is 1.56. The standard InChI is InChI=1S/C10H12O6/c1-3-5-16-10(14)7(9(12)13)6-8(11)15-4-2/h1,7H,4-6H2,2H3,(H,12,13). The van der Waals surface area contributed by atoms with Gasteiger partial charge in [-0.3, -0.25) is 14.4 Å². The number of carbonyl (C=O) groups is 3. The van der Waals surface area contributed by atoms with Gasteiger partial charge >= 0.3 is 17.9 Å². The van der Waals surface area contributed by atoms with E-state index in [2.05, 4.69) is 9.47 Å². The van der Waals surface area contributed by atoms with Crippen molar-refractivity contribution < 1.29 is 29.0 Å². The molecule has 0 heterocycles. The highest BCUT2D eigenvalue weighted by atomic mass is 16.5. The Balaban J connectivity index is 4.39. The van der Waals surface area contributed by atoms with Crippen LogP contribution in [0.1, 0.15) is 13.3 Å². The van der Waals surface area contributed by atoms with E-state index in [4.69, 9.17) is 11.5 Å². The van der Waals surface area contributed by atoms with Crippen molar-refractivity contribution in [3.8, 4) is 12.3 Å². The molecule has 1 N–H and O–H groups in total. The van der Waals surface area contributed by atoms with Gasteiger partial charge in [0, 0.05) is 0 Å². The second-order valence-electron chi connectivity index (χ2n) is 2.71. The first-order valence-corrected chi connectivity index (χ1v) is 4.51. The number of ether oxygens (including phenoxy) is 2. The molecule has 1 unspecified atom stereocenters. The van der Waals surface area contributed by atoms with E-state index in [-0.39, 0.29) is 13.2 Å². The summed E-state index contributed by atoms with van der Waals surface area (Å²) in [5.74, 6) is -2.82. The average molecular weight is 228 g/mol. The molecule has 88 valence electrons. The number of rotatable bonds is 6. The Morgan fingerprint density at radius 3 is 2.44 bits per heavy atom. The quantitative estimate of drug-likeness (QED) is 0.385. The second-order valence-corrected chi connectivity index (χ2v) is 2.71. The van der Waals surface area contributed by atoms with Gasteiger partial charge in [0.15, 0.2) is 12.5 Å². The van der Waals surface area contributed by atoms with Gasteiger partial charge in [-0.2, -0.15) is 0 Å². The number of aliphatic carboxylic acids is 1. The van der Waals surface area contributed by atoms with Crippen molar-refractivity contribution in [2.24, 2.45) is 5.92 Å². The summed E-state index contributed by atoms with van der Waals surface area (Å²) in [6, 6.07) is 0. The molecular formula is C10H12O6. The molecule has 0 aliphatic heterocycles. The Kier molecular flexibility index (Phi) is 6.36. The first kappa shape index (κ1) is 14.0. The largest absolute Gasteiger partial charge is 0.481 e. The molecule has 0 aromatic carbocycles. The lowest BCUT2D eigenvalue weighted by atomic mass is 10.1. The number of carbonyl (C=O) groups excluding carboxylic acids is 2. The van der Waals surface area contributed by atoms with Crippen LogP contribution in [0.3, 0.4) is 0 Å². The van der Waals surface area contributed by atoms with Gasteiger partial charge in [-0.15, -0.1) is 6.42 Å². The SMILES string of the molecule is C#CCOC(=O)C(CC(=O)OCC)C(=O)O. The van der Waals surface area contributed by atoms with Gasteiger partial charge in [-0.05, 0) is 6.92 Å². The maximum atomic E-state index is 11.2. The number of carboxylic acid groups (broad SMARTS) is 1. The van der Waals surface area contributed by atoms with Gasteiger partial charge in [0.05, 0.1) is 13.0 Å².